The van der Waals surface area contributed by atoms with E-state index in [2.05, 4.69) is 5.32 Å². The van der Waals surface area contributed by atoms with Gasteiger partial charge in [-0.25, -0.2) is 8.42 Å². The summed E-state index contributed by atoms with van der Waals surface area (Å²) in [5.41, 5.74) is 0.841. The summed E-state index contributed by atoms with van der Waals surface area (Å²) < 4.78 is 36.2. The first kappa shape index (κ1) is 20.5. The van der Waals surface area contributed by atoms with E-state index in [9.17, 15) is 13.2 Å². The molecule has 0 aliphatic heterocycles. The lowest BCUT2D eigenvalue weighted by molar-refractivity contribution is -0.114. The number of sulfonamides is 1. The van der Waals surface area contributed by atoms with Gasteiger partial charge in [-0.05, 0) is 35.0 Å². The van der Waals surface area contributed by atoms with Gasteiger partial charge in [0.1, 0.15) is 18.0 Å². The van der Waals surface area contributed by atoms with Crippen molar-refractivity contribution in [2.75, 3.05) is 36.6 Å². The Morgan fingerprint density at radius 1 is 0.966 bits per heavy atom. The number of methoxy groups -OCH3 is 2. The van der Waals surface area contributed by atoms with Crippen LogP contribution in [0.25, 0.3) is 10.8 Å². The highest BCUT2D eigenvalue weighted by Gasteiger charge is 2.24. The molecule has 7 nitrogen and oxygen atoms in total. The molecule has 0 spiro atoms. The summed E-state index contributed by atoms with van der Waals surface area (Å²) in [7, 11) is -0.816. The molecule has 8 heteroatoms. The molecule has 0 fully saturated rings. The maximum absolute atomic E-state index is 12.6. The van der Waals surface area contributed by atoms with Crippen molar-refractivity contribution >= 4 is 38.1 Å². The van der Waals surface area contributed by atoms with Crippen LogP contribution in [0.1, 0.15) is 0 Å². The largest absolute Gasteiger partial charge is 0.497 e. The predicted octanol–water partition coefficient (Wildman–Crippen LogP) is 3.26. The van der Waals surface area contributed by atoms with Gasteiger partial charge in [0.05, 0.1) is 26.2 Å². The van der Waals surface area contributed by atoms with Crippen molar-refractivity contribution in [2.45, 2.75) is 0 Å². The first-order valence-corrected chi connectivity index (χ1v) is 10.6. The number of nitrogens with one attached hydrogen (secondary N) is 1. The molecule has 1 amide bonds. The van der Waals surface area contributed by atoms with Gasteiger partial charge in [0.25, 0.3) is 0 Å². The Balaban J connectivity index is 1.86. The minimum Gasteiger partial charge on any atom is -0.497 e. The van der Waals surface area contributed by atoms with Crippen LogP contribution < -0.4 is 19.1 Å². The average Bonchev–Trinajstić information content (AvgIpc) is 2.70. The third-order valence-electron chi connectivity index (χ3n) is 4.38. The molecule has 0 saturated carbocycles. The van der Waals surface area contributed by atoms with Crippen molar-refractivity contribution in [2.24, 2.45) is 0 Å². The maximum Gasteiger partial charge on any atom is 0.245 e. The highest BCUT2D eigenvalue weighted by Crippen LogP contribution is 2.33. The molecule has 0 unspecified atom stereocenters. The molecule has 0 aromatic heterocycles. The lowest BCUT2D eigenvalue weighted by atomic mass is 10.1. The molecular weight excluding hydrogens is 392 g/mol. The number of carbonyl (C=O) groups is 1. The monoisotopic (exact) mass is 414 g/mol. The van der Waals surface area contributed by atoms with E-state index in [-0.39, 0.29) is 11.4 Å². The standard InChI is InChI=1S/C21H22N2O5S/c1-27-18-10-11-19(20(13-18)28-2)23(29(3,25)26)14-21(24)22-17-9-8-15-6-4-5-7-16(15)12-17/h4-13H,14H2,1-3H3,(H,22,24). The smallest absolute Gasteiger partial charge is 0.245 e. The Hall–Kier alpha value is -3.26. The first-order valence-electron chi connectivity index (χ1n) is 8.80. The third-order valence-corrected chi connectivity index (χ3v) is 5.50. The molecule has 0 atom stereocenters. The van der Waals surface area contributed by atoms with E-state index in [1.54, 1.807) is 24.3 Å². The summed E-state index contributed by atoms with van der Waals surface area (Å²) in [4.78, 5) is 12.6. The van der Waals surface area contributed by atoms with Gasteiger partial charge in [-0.3, -0.25) is 9.10 Å². The molecule has 0 aliphatic rings. The van der Waals surface area contributed by atoms with E-state index in [4.69, 9.17) is 9.47 Å². The Labute approximate surface area is 169 Å². The number of anilines is 2. The molecule has 0 radical (unpaired) electrons. The Morgan fingerprint density at radius 2 is 1.69 bits per heavy atom. The van der Waals surface area contributed by atoms with Crippen LogP contribution in [0.2, 0.25) is 0 Å². The summed E-state index contributed by atoms with van der Waals surface area (Å²) in [5.74, 6) is 0.330. The van der Waals surface area contributed by atoms with Gasteiger partial charge >= 0.3 is 0 Å². The number of nitrogens with zero attached hydrogens (tertiary/aromatic N) is 1. The molecule has 0 bridgehead atoms. The fraction of sp³-hybridized carbons (Fsp3) is 0.190. The minimum absolute atomic E-state index is 0.254. The van der Waals surface area contributed by atoms with Crippen LogP contribution in [0.4, 0.5) is 11.4 Å². The second kappa shape index (κ2) is 8.40. The van der Waals surface area contributed by atoms with E-state index < -0.39 is 22.5 Å². The van der Waals surface area contributed by atoms with Crippen LogP contribution in [0.5, 0.6) is 11.5 Å². The zero-order chi connectivity index (χ0) is 21.0. The maximum atomic E-state index is 12.6. The quantitative estimate of drug-likeness (QED) is 0.641. The first-order chi connectivity index (χ1) is 13.8. The van der Waals surface area contributed by atoms with Crippen molar-refractivity contribution in [1.82, 2.24) is 0 Å². The molecule has 0 heterocycles. The van der Waals surface area contributed by atoms with Gasteiger partial charge in [0.15, 0.2) is 0 Å². The average molecular weight is 414 g/mol. The normalized spacial score (nSPS) is 11.1. The molecule has 29 heavy (non-hydrogen) atoms. The summed E-state index contributed by atoms with van der Waals surface area (Å²) >= 11 is 0. The molecule has 3 rings (SSSR count). The van der Waals surface area contributed by atoms with E-state index >= 15 is 0 Å². The van der Waals surface area contributed by atoms with Crippen LogP contribution >= 0.6 is 0 Å². The van der Waals surface area contributed by atoms with E-state index in [1.807, 2.05) is 36.4 Å². The highest BCUT2D eigenvalue weighted by molar-refractivity contribution is 7.92. The summed E-state index contributed by atoms with van der Waals surface area (Å²) in [6.07, 6.45) is 1.04. The van der Waals surface area contributed by atoms with Crippen molar-refractivity contribution in [1.29, 1.82) is 0 Å². The number of carbonyl (C=O) groups excluding carboxylic acids is 1. The number of benzene rings is 3. The zero-order valence-electron chi connectivity index (χ0n) is 16.4. The molecule has 152 valence electrons. The summed E-state index contributed by atoms with van der Waals surface area (Å²) in [6, 6.07) is 18.0. The van der Waals surface area contributed by atoms with E-state index in [1.165, 1.54) is 14.2 Å². The minimum atomic E-state index is -3.74. The summed E-state index contributed by atoms with van der Waals surface area (Å²) in [6.45, 7) is -0.394. The van der Waals surface area contributed by atoms with Crippen LogP contribution in [-0.2, 0) is 14.8 Å². The van der Waals surface area contributed by atoms with Crippen LogP contribution in [-0.4, -0.2) is 41.3 Å². The molecule has 1 N–H and O–H groups in total. The van der Waals surface area contributed by atoms with Crippen LogP contribution in [0.3, 0.4) is 0 Å². The third kappa shape index (κ3) is 4.78. The Morgan fingerprint density at radius 3 is 2.34 bits per heavy atom. The number of fused-ring (bicyclic) bond motifs is 1. The van der Waals surface area contributed by atoms with Gasteiger partial charge in [-0.15, -0.1) is 0 Å². The molecule has 3 aromatic carbocycles. The molecular formula is C21H22N2O5S. The highest BCUT2D eigenvalue weighted by atomic mass is 32.2. The van der Waals surface area contributed by atoms with Gasteiger partial charge in [-0.2, -0.15) is 0 Å². The second-order valence-corrected chi connectivity index (χ2v) is 8.32. The predicted molar refractivity (Wildman–Crippen MR) is 114 cm³/mol. The fourth-order valence-corrected chi connectivity index (χ4v) is 3.83. The SMILES string of the molecule is COc1ccc(N(CC(=O)Nc2ccc3ccccc3c2)S(C)(=O)=O)c(OC)c1. The van der Waals surface area contributed by atoms with E-state index in [0.717, 1.165) is 21.3 Å². The van der Waals surface area contributed by atoms with Crippen molar-refractivity contribution in [3.8, 4) is 11.5 Å². The molecule has 0 saturated heterocycles. The van der Waals surface area contributed by atoms with Crippen LogP contribution in [0.15, 0.2) is 60.7 Å². The lowest BCUT2D eigenvalue weighted by Gasteiger charge is -2.24. The fourth-order valence-electron chi connectivity index (χ4n) is 2.97. The Bertz CT molecular complexity index is 1140. The molecule has 3 aromatic rings. The topological polar surface area (TPSA) is 84.9 Å². The molecule has 0 aliphatic carbocycles. The van der Waals surface area contributed by atoms with Gasteiger partial charge < -0.3 is 14.8 Å². The second-order valence-electron chi connectivity index (χ2n) is 6.42. The number of rotatable bonds is 7. The van der Waals surface area contributed by atoms with Crippen molar-refractivity contribution in [3.05, 3.63) is 60.7 Å². The number of hydrogen-bond donors (Lipinski definition) is 1. The zero-order valence-corrected chi connectivity index (χ0v) is 17.2. The van der Waals surface area contributed by atoms with Gasteiger partial charge in [0, 0.05) is 11.8 Å². The van der Waals surface area contributed by atoms with Gasteiger partial charge in [0.2, 0.25) is 15.9 Å². The van der Waals surface area contributed by atoms with Crippen LogP contribution in [0, 0.1) is 0 Å². The lowest BCUT2D eigenvalue weighted by Crippen LogP contribution is -2.37. The van der Waals surface area contributed by atoms with Crippen molar-refractivity contribution < 1.29 is 22.7 Å². The van der Waals surface area contributed by atoms with Crippen molar-refractivity contribution in [3.63, 3.8) is 0 Å². The number of hydrogen-bond acceptors (Lipinski definition) is 5. The van der Waals surface area contributed by atoms with Gasteiger partial charge in [-0.1, -0.05) is 30.3 Å². The Kier molecular flexibility index (Phi) is 5.93. The van der Waals surface area contributed by atoms with E-state index in [0.29, 0.717) is 11.4 Å². The number of ether oxygens (including phenoxy) is 2. The number of amides is 1. The summed E-state index contributed by atoms with van der Waals surface area (Å²) in [5, 5.41) is 4.78.